The van der Waals surface area contributed by atoms with E-state index < -0.39 is 13.2 Å². The van der Waals surface area contributed by atoms with E-state index >= 15 is 0 Å². The van der Waals surface area contributed by atoms with E-state index in [1.54, 1.807) is 0 Å². The molecule has 6 saturated carbocycles. The van der Waals surface area contributed by atoms with Crippen LogP contribution in [0.2, 0.25) is 0 Å². The van der Waals surface area contributed by atoms with Crippen molar-refractivity contribution < 1.29 is 0 Å². The first-order valence-electron chi connectivity index (χ1n) is 21.7. The molecule has 7 rings (SSSR count). The van der Waals surface area contributed by atoms with Crippen molar-refractivity contribution in [3.63, 3.8) is 0 Å². The third-order valence-corrected chi connectivity index (χ3v) is 37.7. The SMILES string of the molecule is ClC1(P(Cl)(C(=Cc2ccccc2)[PH](C2CCCCC2)(C2CCCCC2)C2CCCCC2)(C2CCCCC2)C2CCCCC2)CCCCC1. The summed E-state index contributed by atoms with van der Waals surface area (Å²) in [6, 6.07) is 11.9. The Morgan fingerprint density at radius 3 is 1.27 bits per heavy atom. The van der Waals surface area contributed by atoms with E-state index in [-0.39, 0.29) is 4.62 Å². The average Bonchev–Trinajstić information content (AvgIpc) is 3.17. The Kier molecular flexibility index (Phi) is 12.4. The molecule has 0 heterocycles. The van der Waals surface area contributed by atoms with Crippen molar-refractivity contribution in [2.24, 2.45) is 0 Å². The molecule has 1 aromatic carbocycles. The molecule has 0 aromatic heterocycles. The Morgan fingerprint density at radius 2 is 0.875 bits per heavy atom. The third-order valence-electron chi connectivity index (χ3n) is 15.9. The van der Waals surface area contributed by atoms with Crippen LogP contribution >= 0.6 is 36.1 Å². The second-order valence-electron chi connectivity index (χ2n) is 18.1. The fraction of sp³-hybridized carbons (Fsp3) is 0.818. The Balaban J connectivity index is 1.61. The first kappa shape index (κ1) is 36.7. The quantitative estimate of drug-likeness (QED) is 0.175. The number of benzene rings is 1. The molecule has 1 aromatic rings. The van der Waals surface area contributed by atoms with Gasteiger partial charge in [0, 0.05) is 0 Å². The monoisotopic (exact) mass is 732 g/mol. The van der Waals surface area contributed by atoms with Crippen molar-refractivity contribution >= 4 is 42.1 Å². The molecule has 6 fully saturated rings. The molecule has 0 bridgehead atoms. The summed E-state index contributed by atoms with van der Waals surface area (Å²) in [6.07, 6.45) is 45.3. The van der Waals surface area contributed by atoms with Crippen LogP contribution in [0.3, 0.4) is 0 Å². The van der Waals surface area contributed by atoms with Crippen molar-refractivity contribution in [1.29, 1.82) is 0 Å². The number of alkyl halides is 1. The van der Waals surface area contributed by atoms with Gasteiger partial charge in [0.25, 0.3) is 0 Å². The summed E-state index contributed by atoms with van der Waals surface area (Å²) in [5.74, 6) is -3.31. The van der Waals surface area contributed by atoms with Gasteiger partial charge in [-0.3, -0.25) is 0 Å². The summed E-state index contributed by atoms with van der Waals surface area (Å²) in [5.41, 5.74) is 5.52. The standard InChI is InChI=1S/C44H72Cl2P2/c45-44(34-20-7-21-35-44)48(46,41-30-16-5-17-31-41,42-32-18-6-19-33-42)43(36-37-22-8-1-9-23-37)47(38-24-10-2-11-25-38,39-26-12-3-13-27-39)40-28-14-4-15-29-40/h1,8-9,22-23,36,38-42,47H,2-7,10-21,24-35H2. The minimum absolute atomic E-state index is 0.216. The van der Waals surface area contributed by atoms with Crippen LogP contribution in [0.1, 0.15) is 198 Å². The molecule has 0 spiro atoms. The molecule has 0 unspecified atom stereocenters. The van der Waals surface area contributed by atoms with Gasteiger partial charge in [-0.2, -0.15) is 0 Å². The molecule has 0 N–H and O–H groups in total. The van der Waals surface area contributed by atoms with Gasteiger partial charge in [-0.1, -0.05) is 0 Å². The molecule has 6 aliphatic carbocycles. The zero-order chi connectivity index (χ0) is 32.9. The second kappa shape index (κ2) is 16.2. The van der Waals surface area contributed by atoms with Crippen LogP contribution in [0.5, 0.6) is 0 Å². The second-order valence-corrected chi connectivity index (χ2v) is 31.6. The fourth-order valence-corrected chi connectivity index (χ4v) is 40.5. The van der Waals surface area contributed by atoms with E-state index in [1.165, 1.54) is 198 Å². The summed E-state index contributed by atoms with van der Waals surface area (Å²) in [7, 11) is -2.21. The van der Waals surface area contributed by atoms with E-state index in [4.69, 9.17) is 11.6 Å². The van der Waals surface area contributed by atoms with Crippen LogP contribution in [-0.2, 0) is 0 Å². The summed E-state index contributed by atoms with van der Waals surface area (Å²) >= 11 is 18.8. The van der Waals surface area contributed by atoms with Crippen LogP contribution < -0.4 is 0 Å². The zero-order valence-corrected chi connectivity index (χ0v) is 34.2. The van der Waals surface area contributed by atoms with Crippen LogP contribution in [0, 0.1) is 0 Å². The van der Waals surface area contributed by atoms with Gasteiger partial charge in [-0.25, -0.2) is 0 Å². The number of halogens is 2. The molecule has 4 heteroatoms. The van der Waals surface area contributed by atoms with Gasteiger partial charge < -0.3 is 0 Å². The zero-order valence-electron chi connectivity index (χ0n) is 30.8. The van der Waals surface area contributed by atoms with Crippen molar-refractivity contribution in [3.8, 4) is 0 Å². The summed E-state index contributed by atoms with van der Waals surface area (Å²) in [4.78, 5) is 0. The Labute approximate surface area is 307 Å². The number of rotatable bonds is 9. The Hall–Kier alpha value is 0.400. The van der Waals surface area contributed by atoms with Gasteiger partial charge in [0.15, 0.2) is 0 Å². The first-order valence-corrected chi connectivity index (χ1v) is 27.6. The summed E-state index contributed by atoms with van der Waals surface area (Å²) < 4.78 is -0.216. The molecule has 6 aliphatic rings. The molecule has 48 heavy (non-hydrogen) atoms. The maximum atomic E-state index is 9.90. The van der Waals surface area contributed by atoms with Gasteiger partial charge in [0.2, 0.25) is 0 Å². The number of hydrogen-bond acceptors (Lipinski definition) is 0. The van der Waals surface area contributed by atoms with Crippen molar-refractivity contribution in [2.75, 3.05) is 0 Å². The van der Waals surface area contributed by atoms with Crippen LogP contribution in [0.25, 0.3) is 6.08 Å². The van der Waals surface area contributed by atoms with Gasteiger partial charge in [0.05, 0.1) is 0 Å². The molecule has 0 nitrogen and oxygen atoms in total. The van der Waals surface area contributed by atoms with E-state index in [0.29, 0.717) is 11.3 Å². The molecule has 0 atom stereocenters. The van der Waals surface area contributed by atoms with Crippen molar-refractivity contribution in [3.05, 3.63) is 41.0 Å². The van der Waals surface area contributed by atoms with Crippen LogP contribution in [-0.4, -0.2) is 32.9 Å². The predicted octanol–water partition coefficient (Wildman–Crippen LogP) is 16.0. The molecular weight excluding hydrogens is 661 g/mol. The minimum atomic E-state index is -3.31. The molecule has 0 aliphatic heterocycles. The van der Waals surface area contributed by atoms with Gasteiger partial charge in [0.1, 0.15) is 0 Å². The number of hydrogen-bond donors (Lipinski definition) is 0. The van der Waals surface area contributed by atoms with Crippen molar-refractivity contribution in [2.45, 2.75) is 226 Å². The van der Waals surface area contributed by atoms with Crippen molar-refractivity contribution in [1.82, 2.24) is 0 Å². The topological polar surface area (TPSA) is 0 Å². The molecular formula is C44H72Cl2P2. The van der Waals surface area contributed by atoms with E-state index in [1.807, 2.05) is 5.06 Å². The van der Waals surface area contributed by atoms with Gasteiger partial charge >= 0.3 is 309 Å². The van der Waals surface area contributed by atoms with E-state index in [2.05, 4.69) is 36.4 Å². The van der Waals surface area contributed by atoms with E-state index in [9.17, 15) is 11.2 Å². The van der Waals surface area contributed by atoms with E-state index in [0.717, 1.165) is 17.0 Å². The van der Waals surface area contributed by atoms with Crippen LogP contribution in [0.4, 0.5) is 0 Å². The average molecular weight is 734 g/mol. The normalized spacial score (nSPS) is 28.5. The molecule has 0 radical (unpaired) electrons. The van der Waals surface area contributed by atoms with Gasteiger partial charge in [-0.15, -0.1) is 0 Å². The maximum absolute atomic E-state index is 9.90. The fourth-order valence-electron chi connectivity index (χ4n) is 14.0. The molecule has 0 saturated heterocycles. The Bertz CT molecular complexity index is 1110. The summed E-state index contributed by atoms with van der Waals surface area (Å²) in [5, 5.41) is 2.04. The molecule has 0 amide bonds. The predicted molar refractivity (Wildman–Crippen MR) is 222 cm³/mol. The first-order chi connectivity index (χ1) is 23.5. The molecule has 272 valence electrons. The van der Waals surface area contributed by atoms with Crippen LogP contribution in [0.15, 0.2) is 35.4 Å². The summed E-state index contributed by atoms with van der Waals surface area (Å²) in [6.45, 7) is 0. The van der Waals surface area contributed by atoms with Gasteiger partial charge in [-0.05, 0) is 0 Å². The Morgan fingerprint density at radius 1 is 0.521 bits per heavy atom. The third kappa shape index (κ3) is 6.38.